The van der Waals surface area contributed by atoms with Gasteiger partial charge in [0.1, 0.15) is 6.33 Å². The van der Waals surface area contributed by atoms with Crippen molar-refractivity contribution in [1.82, 2.24) is 25.3 Å². The summed E-state index contributed by atoms with van der Waals surface area (Å²) in [6, 6.07) is 7.49. The number of nitrogens with one attached hydrogen (secondary N) is 1. The molecule has 1 aliphatic rings. The van der Waals surface area contributed by atoms with Crippen molar-refractivity contribution in [3.8, 4) is 0 Å². The van der Waals surface area contributed by atoms with Gasteiger partial charge in [0, 0.05) is 49.3 Å². The first kappa shape index (κ1) is 63.6. The van der Waals surface area contributed by atoms with Gasteiger partial charge >= 0.3 is 0 Å². The number of aliphatic imine (C=N–C) groups is 1. The summed E-state index contributed by atoms with van der Waals surface area (Å²) in [4.78, 5) is 28.9. The van der Waals surface area contributed by atoms with Crippen LogP contribution in [-0.2, 0) is 4.79 Å². The van der Waals surface area contributed by atoms with Crippen LogP contribution in [0, 0.1) is 23.7 Å². The lowest BCUT2D eigenvalue weighted by atomic mass is 10.3. The smallest absolute Gasteiger partial charge is 0.226 e. The maximum atomic E-state index is 10.3. The maximum Gasteiger partial charge on any atom is 0.226 e. The molecule has 4 rings (SSSR count). The van der Waals surface area contributed by atoms with Crippen LogP contribution < -0.4 is 5.32 Å². The zero-order valence-electron chi connectivity index (χ0n) is 35.3. The largest absolute Gasteiger partial charge is 0.317 e. The molecule has 1 aliphatic heterocycles. The first-order valence-corrected chi connectivity index (χ1v) is 18.9. The number of thiazole rings is 1. The number of pyridine rings is 1. The second kappa shape index (κ2) is 70.4. The van der Waals surface area contributed by atoms with Crippen molar-refractivity contribution in [3.05, 3.63) is 72.5 Å². The molecule has 284 valence electrons. The lowest BCUT2D eigenvalue weighted by Crippen LogP contribution is -2.25. The van der Waals surface area contributed by atoms with E-state index >= 15 is 0 Å². The predicted molar refractivity (Wildman–Crippen MR) is 222 cm³/mol. The Morgan fingerprint density at radius 3 is 1.02 bits per heavy atom. The second-order valence-corrected chi connectivity index (χ2v) is 11.6. The van der Waals surface area contributed by atoms with Crippen LogP contribution in [0.2, 0.25) is 0 Å². The molecular weight excluding hydrogens is 613 g/mol. The molecule has 0 atom stereocenters. The third-order valence-corrected chi connectivity index (χ3v) is 2.70. The van der Waals surface area contributed by atoms with Gasteiger partial charge in [0.15, 0.2) is 0 Å². The van der Waals surface area contributed by atoms with Gasteiger partial charge in [-0.25, -0.2) is 9.97 Å². The average molecular weight is 695 g/mol. The van der Waals surface area contributed by atoms with Crippen molar-refractivity contribution in [1.29, 1.82) is 0 Å². The third-order valence-electron chi connectivity index (χ3n) is 2.18. The first-order chi connectivity index (χ1) is 22.8. The molecule has 1 amide bonds. The van der Waals surface area contributed by atoms with Crippen LogP contribution >= 0.6 is 11.3 Å². The number of hydrogen-bond donors (Lipinski definition) is 1. The Bertz CT molecular complexity index is 677. The minimum atomic E-state index is 0.0648. The van der Waals surface area contributed by atoms with Crippen LogP contribution in [0.15, 0.2) is 77.5 Å². The Morgan fingerprint density at radius 2 is 0.917 bits per heavy atom. The molecule has 4 heterocycles. The highest BCUT2D eigenvalue weighted by atomic mass is 32.1. The standard InChI is InChI=1S/C5H5N.C4H6N2O.C4H4N2.4C4H10.C3H3NS.4C2H6/c1-2-4-6-5-3-1;7-4-1-2-5-3-6-4;1-2-5-4-6-3-1;4*1-4(2)3;1-2-5-3-4-1;4*1-2/h1-5H;3H,1-2H2,(H,5,6,7);1-4H;4*4H,1-3H3;1-3H;4*1-2H3. The van der Waals surface area contributed by atoms with Crippen molar-refractivity contribution in [3.63, 3.8) is 0 Å². The summed E-state index contributed by atoms with van der Waals surface area (Å²) in [7, 11) is 0. The number of carbonyl (C=O) groups is 1. The minimum absolute atomic E-state index is 0.0648. The Balaban J connectivity index is -0.0000000622. The summed E-state index contributed by atoms with van der Waals surface area (Å²) in [6.07, 6.45) is 12.1. The normalized spacial score (nSPS) is 9.12. The van der Waals surface area contributed by atoms with Crippen LogP contribution in [0.25, 0.3) is 0 Å². The molecule has 48 heavy (non-hydrogen) atoms. The highest BCUT2D eigenvalue weighted by molar-refractivity contribution is 7.07. The van der Waals surface area contributed by atoms with E-state index in [1.807, 2.05) is 79.0 Å². The third kappa shape index (κ3) is 157. The van der Waals surface area contributed by atoms with Gasteiger partial charge in [0.05, 0.1) is 11.8 Å². The molecule has 0 spiro atoms. The van der Waals surface area contributed by atoms with E-state index in [-0.39, 0.29) is 5.91 Å². The summed E-state index contributed by atoms with van der Waals surface area (Å²) < 4.78 is 0. The summed E-state index contributed by atoms with van der Waals surface area (Å²) >= 11 is 1.60. The van der Waals surface area contributed by atoms with Gasteiger partial charge in [-0.15, -0.1) is 11.3 Å². The fourth-order valence-corrected chi connectivity index (χ4v) is 1.51. The molecule has 0 fully saturated rings. The molecule has 0 saturated carbocycles. The molecule has 0 radical (unpaired) electrons. The van der Waals surface area contributed by atoms with Gasteiger partial charge in [-0.2, -0.15) is 0 Å². The summed E-state index contributed by atoms with van der Waals surface area (Å²) in [5.41, 5.74) is 1.79. The van der Waals surface area contributed by atoms with Crippen LogP contribution in [0.4, 0.5) is 0 Å². The van der Waals surface area contributed by atoms with Crippen molar-refractivity contribution in [2.75, 3.05) is 6.54 Å². The maximum absolute atomic E-state index is 10.3. The molecule has 3 aromatic rings. The van der Waals surface area contributed by atoms with E-state index in [1.165, 1.54) is 12.7 Å². The molecule has 3 aromatic heterocycles. The number of carbonyl (C=O) groups excluding carboxylic acids is 1. The fraction of sp³-hybridized carbons (Fsp3) is 0.650. The van der Waals surface area contributed by atoms with Crippen molar-refractivity contribution in [2.45, 2.75) is 145 Å². The monoisotopic (exact) mass is 695 g/mol. The Kier molecular flexibility index (Phi) is 93.3. The van der Waals surface area contributed by atoms with Crippen molar-refractivity contribution < 1.29 is 4.79 Å². The SMILES string of the molecule is CC.CC.CC.CC.CC(C)C.CC(C)C.CC(C)C.CC(C)C.O=C1CCN=CN1.c1ccncc1.c1cncnc1.c1cscn1. The molecular formula is C40H82N6OS. The van der Waals surface area contributed by atoms with E-state index in [1.54, 1.807) is 53.9 Å². The predicted octanol–water partition coefficient (Wildman–Crippen LogP) is 13.0. The van der Waals surface area contributed by atoms with E-state index in [2.05, 4.69) is 113 Å². The van der Waals surface area contributed by atoms with Crippen molar-refractivity contribution in [2.24, 2.45) is 28.7 Å². The van der Waals surface area contributed by atoms with Crippen LogP contribution in [-0.4, -0.2) is 38.7 Å². The Morgan fingerprint density at radius 1 is 0.542 bits per heavy atom. The molecule has 8 heteroatoms. The lowest BCUT2D eigenvalue weighted by molar-refractivity contribution is -0.119. The number of rotatable bonds is 0. The average Bonchev–Trinajstić information content (AvgIpc) is 3.67. The van der Waals surface area contributed by atoms with E-state index in [0.717, 1.165) is 23.7 Å². The lowest BCUT2D eigenvalue weighted by Gasteiger charge is -2.00. The topological polar surface area (TPSA) is 93.0 Å². The summed E-state index contributed by atoms with van der Waals surface area (Å²) in [6.45, 7) is 42.6. The number of nitrogens with zero attached hydrogens (tertiary/aromatic N) is 5. The molecule has 0 bridgehead atoms. The van der Waals surface area contributed by atoms with Gasteiger partial charge < -0.3 is 5.32 Å². The fourth-order valence-electron chi connectivity index (χ4n) is 1.16. The van der Waals surface area contributed by atoms with E-state index in [4.69, 9.17) is 0 Å². The van der Waals surface area contributed by atoms with E-state index in [0.29, 0.717) is 13.0 Å². The summed E-state index contributed by atoms with van der Waals surface area (Å²) in [5, 5.41) is 4.38. The van der Waals surface area contributed by atoms with Gasteiger partial charge in [-0.1, -0.05) is 145 Å². The first-order valence-electron chi connectivity index (χ1n) is 18.0. The molecule has 0 saturated heterocycles. The van der Waals surface area contributed by atoms with Crippen LogP contribution in [0.3, 0.4) is 0 Å². The summed E-state index contributed by atoms with van der Waals surface area (Å²) in [5.74, 6) is 3.40. The zero-order valence-corrected chi connectivity index (χ0v) is 36.1. The highest BCUT2D eigenvalue weighted by Crippen LogP contribution is 1.86. The Hall–Kier alpha value is -3.00. The van der Waals surface area contributed by atoms with E-state index in [9.17, 15) is 4.79 Å². The Labute approximate surface area is 305 Å². The molecule has 1 N–H and O–H groups in total. The molecule has 0 unspecified atom stereocenters. The molecule has 0 aliphatic carbocycles. The second-order valence-electron chi connectivity index (χ2n) is 10.9. The number of amides is 1. The number of hydrogen-bond acceptors (Lipinski definition) is 7. The molecule has 7 nitrogen and oxygen atoms in total. The minimum Gasteiger partial charge on any atom is -0.317 e. The molecule has 0 aromatic carbocycles. The van der Waals surface area contributed by atoms with Crippen molar-refractivity contribution >= 4 is 23.6 Å². The highest BCUT2D eigenvalue weighted by Gasteiger charge is 1.99. The van der Waals surface area contributed by atoms with Gasteiger partial charge in [0.25, 0.3) is 0 Å². The van der Waals surface area contributed by atoms with Crippen LogP contribution in [0.5, 0.6) is 0 Å². The van der Waals surface area contributed by atoms with Gasteiger partial charge in [0.2, 0.25) is 5.91 Å². The number of aromatic nitrogens is 4. The quantitative estimate of drug-likeness (QED) is 0.253. The van der Waals surface area contributed by atoms with E-state index < -0.39 is 0 Å². The van der Waals surface area contributed by atoms with Crippen LogP contribution in [0.1, 0.15) is 145 Å². The zero-order chi connectivity index (χ0) is 39.4. The van der Waals surface area contributed by atoms with Gasteiger partial charge in [-0.3, -0.25) is 19.8 Å². The van der Waals surface area contributed by atoms with Gasteiger partial charge in [-0.05, 0) is 41.9 Å².